The standard InChI is InChI=1S/C11H8Cl2N2O/c1-16-9-3-7(2-8(12)4-9)10-5-11(13)15-6-14-10/h2-6H,1H3. The molecule has 0 aliphatic carbocycles. The number of benzene rings is 1. The van der Waals surface area contributed by atoms with Crippen LogP contribution in [-0.4, -0.2) is 17.1 Å². The van der Waals surface area contributed by atoms with Gasteiger partial charge in [-0.15, -0.1) is 0 Å². The van der Waals surface area contributed by atoms with Crippen molar-refractivity contribution in [3.8, 4) is 17.0 Å². The van der Waals surface area contributed by atoms with Crippen LogP contribution in [0.15, 0.2) is 30.6 Å². The number of halogens is 2. The van der Waals surface area contributed by atoms with Crippen molar-refractivity contribution in [2.24, 2.45) is 0 Å². The lowest BCUT2D eigenvalue weighted by Crippen LogP contribution is -1.88. The first-order valence-electron chi connectivity index (χ1n) is 4.51. The molecule has 0 radical (unpaired) electrons. The van der Waals surface area contributed by atoms with E-state index in [0.717, 1.165) is 5.56 Å². The Bertz CT molecular complexity index is 517. The van der Waals surface area contributed by atoms with E-state index in [1.807, 2.05) is 6.07 Å². The van der Waals surface area contributed by atoms with Crippen LogP contribution >= 0.6 is 23.2 Å². The summed E-state index contributed by atoms with van der Waals surface area (Å²) in [6, 6.07) is 7.04. The smallest absolute Gasteiger partial charge is 0.133 e. The van der Waals surface area contributed by atoms with Crippen molar-refractivity contribution in [2.45, 2.75) is 0 Å². The van der Waals surface area contributed by atoms with Crippen molar-refractivity contribution >= 4 is 23.2 Å². The van der Waals surface area contributed by atoms with Gasteiger partial charge >= 0.3 is 0 Å². The van der Waals surface area contributed by atoms with Crippen LogP contribution in [-0.2, 0) is 0 Å². The van der Waals surface area contributed by atoms with Gasteiger partial charge in [0.15, 0.2) is 0 Å². The van der Waals surface area contributed by atoms with Gasteiger partial charge in [0.2, 0.25) is 0 Å². The van der Waals surface area contributed by atoms with E-state index in [1.54, 1.807) is 25.3 Å². The fourth-order valence-electron chi connectivity index (χ4n) is 1.32. The summed E-state index contributed by atoms with van der Waals surface area (Å²) >= 11 is 11.8. The Morgan fingerprint density at radius 1 is 1.06 bits per heavy atom. The molecular formula is C11H8Cl2N2O. The molecule has 82 valence electrons. The van der Waals surface area contributed by atoms with Gasteiger partial charge in [0.1, 0.15) is 17.2 Å². The summed E-state index contributed by atoms with van der Waals surface area (Å²) < 4.78 is 5.13. The lowest BCUT2D eigenvalue weighted by Gasteiger charge is -2.05. The van der Waals surface area contributed by atoms with Crippen LogP contribution < -0.4 is 4.74 Å². The van der Waals surface area contributed by atoms with E-state index in [9.17, 15) is 0 Å². The van der Waals surface area contributed by atoms with Crippen molar-refractivity contribution in [2.75, 3.05) is 7.11 Å². The van der Waals surface area contributed by atoms with Gasteiger partial charge in [0, 0.05) is 16.7 Å². The highest BCUT2D eigenvalue weighted by atomic mass is 35.5. The zero-order valence-electron chi connectivity index (χ0n) is 8.45. The van der Waals surface area contributed by atoms with Crippen LogP contribution in [0.3, 0.4) is 0 Å². The Morgan fingerprint density at radius 3 is 2.56 bits per heavy atom. The van der Waals surface area contributed by atoms with Crippen LogP contribution in [0.25, 0.3) is 11.3 Å². The van der Waals surface area contributed by atoms with Gasteiger partial charge in [-0.2, -0.15) is 0 Å². The van der Waals surface area contributed by atoms with Gasteiger partial charge in [-0.3, -0.25) is 0 Å². The SMILES string of the molecule is COc1cc(Cl)cc(-c2cc(Cl)ncn2)c1. The van der Waals surface area contributed by atoms with Crippen LogP contribution in [0.4, 0.5) is 0 Å². The maximum absolute atomic E-state index is 5.96. The topological polar surface area (TPSA) is 35.0 Å². The average Bonchev–Trinajstić information content (AvgIpc) is 2.28. The summed E-state index contributed by atoms with van der Waals surface area (Å²) in [7, 11) is 1.59. The van der Waals surface area contributed by atoms with E-state index in [2.05, 4.69) is 9.97 Å². The number of rotatable bonds is 2. The molecule has 0 unspecified atom stereocenters. The minimum atomic E-state index is 0.393. The van der Waals surface area contributed by atoms with Crippen molar-refractivity contribution in [1.29, 1.82) is 0 Å². The van der Waals surface area contributed by atoms with Gasteiger partial charge in [-0.1, -0.05) is 23.2 Å². The van der Waals surface area contributed by atoms with E-state index in [1.165, 1.54) is 6.33 Å². The molecule has 3 nitrogen and oxygen atoms in total. The molecule has 0 N–H and O–H groups in total. The van der Waals surface area contributed by atoms with Crippen molar-refractivity contribution in [3.05, 3.63) is 40.8 Å². The zero-order valence-corrected chi connectivity index (χ0v) is 9.96. The minimum absolute atomic E-state index is 0.393. The van der Waals surface area contributed by atoms with E-state index >= 15 is 0 Å². The Labute approximate surface area is 103 Å². The summed E-state index contributed by atoms with van der Waals surface area (Å²) in [4.78, 5) is 7.94. The Morgan fingerprint density at radius 2 is 1.88 bits per heavy atom. The molecule has 1 aromatic carbocycles. The van der Waals surface area contributed by atoms with E-state index in [-0.39, 0.29) is 0 Å². The van der Waals surface area contributed by atoms with Gasteiger partial charge in [-0.25, -0.2) is 9.97 Å². The molecule has 2 rings (SSSR count). The molecule has 16 heavy (non-hydrogen) atoms. The maximum Gasteiger partial charge on any atom is 0.133 e. The van der Waals surface area contributed by atoms with Crippen molar-refractivity contribution < 1.29 is 4.74 Å². The largest absolute Gasteiger partial charge is 0.497 e. The van der Waals surface area contributed by atoms with E-state index < -0.39 is 0 Å². The van der Waals surface area contributed by atoms with Gasteiger partial charge in [0.05, 0.1) is 12.8 Å². The Balaban J connectivity index is 2.51. The first-order chi connectivity index (χ1) is 7.69. The summed E-state index contributed by atoms with van der Waals surface area (Å²) in [5, 5.41) is 0.980. The molecule has 5 heteroatoms. The quantitative estimate of drug-likeness (QED) is 0.771. The van der Waals surface area contributed by atoms with Gasteiger partial charge in [-0.05, 0) is 18.2 Å². The first kappa shape index (κ1) is 11.2. The monoisotopic (exact) mass is 254 g/mol. The average molecular weight is 255 g/mol. The highest BCUT2D eigenvalue weighted by Crippen LogP contribution is 2.27. The lowest BCUT2D eigenvalue weighted by atomic mass is 10.1. The predicted octanol–water partition coefficient (Wildman–Crippen LogP) is 3.46. The number of aromatic nitrogens is 2. The molecule has 1 heterocycles. The molecular weight excluding hydrogens is 247 g/mol. The number of nitrogens with zero attached hydrogens (tertiary/aromatic N) is 2. The van der Waals surface area contributed by atoms with E-state index in [0.29, 0.717) is 21.6 Å². The number of ether oxygens (including phenoxy) is 1. The summed E-state index contributed by atoms with van der Waals surface area (Å²) in [6.45, 7) is 0. The molecule has 0 spiro atoms. The molecule has 0 amide bonds. The van der Waals surface area contributed by atoms with Crippen molar-refractivity contribution in [3.63, 3.8) is 0 Å². The molecule has 0 bridgehead atoms. The molecule has 0 aliphatic rings. The second-order valence-corrected chi connectivity index (χ2v) is 3.93. The summed E-state index contributed by atoms with van der Waals surface area (Å²) in [5.41, 5.74) is 1.55. The van der Waals surface area contributed by atoms with Crippen LogP contribution in [0, 0.1) is 0 Å². The second kappa shape index (κ2) is 4.68. The molecule has 0 atom stereocenters. The van der Waals surface area contributed by atoms with Gasteiger partial charge < -0.3 is 4.74 Å². The lowest BCUT2D eigenvalue weighted by molar-refractivity contribution is 0.415. The zero-order chi connectivity index (χ0) is 11.5. The van der Waals surface area contributed by atoms with Gasteiger partial charge in [0.25, 0.3) is 0 Å². The Hall–Kier alpha value is -1.32. The number of hydrogen-bond acceptors (Lipinski definition) is 3. The predicted molar refractivity (Wildman–Crippen MR) is 64.0 cm³/mol. The molecule has 0 fully saturated rings. The van der Waals surface area contributed by atoms with Crippen LogP contribution in [0.1, 0.15) is 0 Å². The summed E-state index contributed by atoms with van der Waals surface area (Å²) in [6.07, 6.45) is 1.41. The second-order valence-electron chi connectivity index (χ2n) is 3.11. The summed E-state index contributed by atoms with van der Waals surface area (Å²) in [5.74, 6) is 0.678. The third-order valence-electron chi connectivity index (χ3n) is 2.04. The number of hydrogen-bond donors (Lipinski definition) is 0. The third-order valence-corrected chi connectivity index (χ3v) is 2.46. The molecule has 2 aromatic rings. The highest BCUT2D eigenvalue weighted by Gasteiger charge is 2.04. The molecule has 0 saturated carbocycles. The normalized spacial score (nSPS) is 10.2. The van der Waals surface area contributed by atoms with E-state index in [4.69, 9.17) is 27.9 Å². The Kier molecular flexibility index (Phi) is 3.27. The minimum Gasteiger partial charge on any atom is -0.497 e. The van der Waals surface area contributed by atoms with Crippen LogP contribution in [0.5, 0.6) is 5.75 Å². The van der Waals surface area contributed by atoms with Crippen molar-refractivity contribution in [1.82, 2.24) is 9.97 Å². The fraction of sp³-hybridized carbons (Fsp3) is 0.0909. The number of methoxy groups -OCH3 is 1. The first-order valence-corrected chi connectivity index (χ1v) is 5.27. The molecule has 1 aromatic heterocycles. The third kappa shape index (κ3) is 2.43. The fourth-order valence-corrected chi connectivity index (χ4v) is 1.69. The molecule has 0 saturated heterocycles. The highest BCUT2D eigenvalue weighted by molar-refractivity contribution is 6.31. The van der Waals surface area contributed by atoms with Crippen LogP contribution in [0.2, 0.25) is 10.2 Å². The maximum atomic E-state index is 5.96. The molecule has 0 aliphatic heterocycles.